The Bertz CT molecular complexity index is 4320. The normalized spacial score (nSPS) is 23.2. The van der Waals surface area contributed by atoms with Crippen molar-refractivity contribution in [1.82, 2.24) is 78.0 Å². The highest BCUT2D eigenvalue weighted by Gasteiger charge is 2.49. The van der Waals surface area contributed by atoms with Gasteiger partial charge in [0.15, 0.2) is 0 Å². The number of fused-ring (bicyclic) bond motifs is 34. The summed E-state index contributed by atoms with van der Waals surface area (Å²) in [5.41, 5.74) is 6.68. The highest BCUT2D eigenvalue weighted by molar-refractivity contribution is 6.01. The summed E-state index contributed by atoms with van der Waals surface area (Å²) in [5, 5.41) is 46.7. The SMILES string of the molecule is CC(=O)N[C@H]1CCCNC(=O)c2ccc(cc2)C[C@@H](C(N)=O)NC(=O)[C@]2(C)CCCN2C(=O)[C@H](Cc2ccc(O)cc2)NC(=O)[C@H](Cc2cnc[nH]2)NC(=O)[C@@H](CC(=O)O)NC(=O)[C@H](Cc2c[nH]c3cc(F)ccc23)NC(=O)[C@H](Cc2c[nH]c3ccc(F)cc23)NC(=O)CNC(=O)[C@H](C)NC1=O. The van der Waals surface area contributed by atoms with E-state index in [1.54, 1.807) is 0 Å². The van der Waals surface area contributed by atoms with Gasteiger partial charge in [-0.2, -0.15) is 0 Å². The zero-order chi connectivity index (χ0) is 73.5. The number of nitrogens with two attached hydrogens (primary N) is 1. The van der Waals surface area contributed by atoms with Crippen molar-refractivity contribution in [2.75, 3.05) is 19.6 Å². The van der Waals surface area contributed by atoms with Gasteiger partial charge in [-0.25, -0.2) is 13.8 Å². The Morgan fingerprint density at radius 2 is 1.27 bits per heavy atom. The molecule has 33 heteroatoms. The molecule has 3 aromatic heterocycles. The van der Waals surface area contributed by atoms with E-state index in [0.29, 0.717) is 22.0 Å². The van der Waals surface area contributed by atoms with E-state index in [1.165, 1.54) is 123 Å². The molecule has 1 saturated heterocycles. The molecule has 538 valence electrons. The number of carbonyl (C=O) groups is 13. The first kappa shape index (κ1) is 74.2. The number of amides is 12. The quantitative estimate of drug-likeness (QED) is 0.0703. The van der Waals surface area contributed by atoms with Crippen molar-refractivity contribution in [1.29, 1.82) is 0 Å². The Hall–Kier alpha value is -12.1. The van der Waals surface area contributed by atoms with Crippen LogP contribution >= 0.6 is 0 Å². The van der Waals surface area contributed by atoms with Crippen molar-refractivity contribution in [2.45, 2.75) is 139 Å². The number of imidazole rings is 1. The summed E-state index contributed by atoms with van der Waals surface area (Å²) < 4.78 is 29.4. The van der Waals surface area contributed by atoms with Crippen molar-refractivity contribution in [3.05, 3.63) is 155 Å². The minimum absolute atomic E-state index is 0.00153. The third-order valence-corrected chi connectivity index (χ3v) is 17.7. The molecule has 2 bridgehead atoms. The number of aromatic amines is 3. The molecule has 9 atom stereocenters. The third kappa shape index (κ3) is 19.2. The number of nitrogens with zero attached hydrogens (tertiary/aromatic N) is 2. The van der Waals surface area contributed by atoms with Crippen LogP contribution in [0.1, 0.15) is 91.2 Å². The molecule has 6 heterocycles. The van der Waals surface area contributed by atoms with Crippen molar-refractivity contribution in [3.8, 4) is 5.75 Å². The first-order chi connectivity index (χ1) is 48.6. The van der Waals surface area contributed by atoms with E-state index in [4.69, 9.17) is 5.73 Å². The molecule has 10 rings (SSSR count). The maximum absolute atomic E-state index is 15.2. The summed E-state index contributed by atoms with van der Waals surface area (Å²) in [7, 11) is 0. The van der Waals surface area contributed by atoms with Crippen LogP contribution in [0.15, 0.2) is 110 Å². The van der Waals surface area contributed by atoms with Gasteiger partial charge in [-0.15, -0.1) is 0 Å². The van der Waals surface area contributed by atoms with Gasteiger partial charge in [0.1, 0.15) is 71.3 Å². The first-order valence-electron chi connectivity index (χ1n) is 32.7. The second kappa shape index (κ2) is 33.2. The fraction of sp³-hybridized carbons (Fsp3) is 0.362. The lowest BCUT2D eigenvalue weighted by Gasteiger charge is -2.37. The van der Waals surface area contributed by atoms with E-state index in [0.717, 1.165) is 12.1 Å². The molecule has 31 nitrogen and oxygen atoms in total. The second-order valence-corrected chi connectivity index (χ2v) is 25.3. The summed E-state index contributed by atoms with van der Waals surface area (Å²) in [6, 6.07) is 6.28. The number of nitrogens with one attached hydrogen (secondary N) is 13. The Balaban J connectivity index is 1.06. The van der Waals surface area contributed by atoms with Crippen molar-refractivity contribution >= 4 is 98.7 Å². The molecule has 12 amide bonds. The van der Waals surface area contributed by atoms with Crippen LogP contribution in [-0.2, 0) is 89.6 Å². The highest BCUT2D eigenvalue weighted by atomic mass is 19.1. The number of halogens is 2. The number of aliphatic carboxylic acids is 1. The molecule has 3 aliphatic rings. The van der Waals surface area contributed by atoms with E-state index in [-0.39, 0.29) is 90.7 Å². The molecule has 7 aromatic rings. The number of hydrogen-bond donors (Lipinski definition) is 16. The van der Waals surface area contributed by atoms with Crippen molar-refractivity contribution in [2.24, 2.45) is 5.73 Å². The molecule has 3 aliphatic heterocycles. The molecule has 0 saturated carbocycles. The summed E-state index contributed by atoms with van der Waals surface area (Å²) >= 11 is 0. The highest BCUT2D eigenvalue weighted by Crippen LogP contribution is 2.31. The van der Waals surface area contributed by atoms with Crippen LogP contribution in [0.25, 0.3) is 21.8 Å². The van der Waals surface area contributed by atoms with Gasteiger partial charge < -0.3 is 89.0 Å². The van der Waals surface area contributed by atoms with E-state index in [9.17, 15) is 66.9 Å². The number of H-pyrrole nitrogens is 3. The Morgan fingerprint density at radius 3 is 1.93 bits per heavy atom. The Morgan fingerprint density at radius 1 is 0.657 bits per heavy atom. The Kier molecular flexibility index (Phi) is 24.1. The first-order valence-corrected chi connectivity index (χ1v) is 32.7. The van der Waals surface area contributed by atoms with Gasteiger partial charge in [0.2, 0.25) is 65.0 Å². The second-order valence-electron chi connectivity index (χ2n) is 25.3. The van der Waals surface area contributed by atoms with Gasteiger partial charge >= 0.3 is 5.97 Å². The van der Waals surface area contributed by atoms with E-state index in [2.05, 4.69) is 73.1 Å². The number of rotatable bonds is 12. The predicted molar refractivity (Wildman–Crippen MR) is 360 cm³/mol. The molecule has 1 fully saturated rings. The lowest BCUT2D eigenvalue weighted by molar-refractivity contribution is -0.147. The van der Waals surface area contributed by atoms with E-state index in [1.807, 2.05) is 0 Å². The molecule has 0 aliphatic carbocycles. The standard InChI is InChI=1S/C69H78F2N16O15/c1-35-60(94)77-33-57(90)81-52(25-41-31-75-48-18-14-42(70)26-47(41)48)63(97)82-53(24-40-30-76-50-27-43(71)13-17-46(40)50)64(98)84-55(29-58(91)92)66(100)83-54(28-44-32-73-34-78-44)65(99)85-56(23-38-9-15-45(89)16-10-38)67(101)87-21-5-19-69(87,3)68(102)86-51(59(72)93)22-37-7-11-39(12-8-37)61(95)74-20-4-6-49(62(96)79-35)80-36(2)88/h7-18,26-27,30-32,34-35,49,51-56,75-76,89H,4-6,19-25,28-29,33H2,1-3H3,(H2,72,93)(H,73,78)(H,74,95)(H,77,94)(H,79,96)(H,80,88)(H,81,90)(H,82,97)(H,83,100)(H,84,98)(H,85,99)(H,86,102)(H,91,92)/t35-,49-,51-,52-,53-,54-,55+,56-,69-/m0/s1. The largest absolute Gasteiger partial charge is 0.508 e. The number of aromatic nitrogens is 4. The van der Waals surface area contributed by atoms with Gasteiger partial charge in [0.25, 0.3) is 5.91 Å². The number of carboxylic acids is 1. The molecular formula is C69H78F2N16O15. The molecule has 4 aromatic carbocycles. The van der Waals surface area contributed by atoms with Gasteiger partial charge in [-0.3, -0.25) is 62.3 Å². The smallest absolute Gasteiger partial charge is 0.305 e. The summed E-state index contributed by atoms with van der Waals surface area (Å²) in [6.45, 7) is 3.06. The number of phenols is 1. The minimum Gasteiger partial charge on any atom is -0.508 e. The number of primary amides is 1. The van der Waals surface area contributed by atoms with Gasteiger partial charge in [0.05, 0.1) is 19.3 Å². The van der Waals surface area contributed by atoms with Crippen LogP contribution in [0.2, 0.25) is 0 Å². The average molecular weight is 1410 g/mol. The average Bonchev–Trinajstić information content (AvgIpc) is 1.61. The fourth-order valence-corrected chi connectivity index (χ4v) is 12.2. The third-order valence-electron chi connectivity index (χ3n) is 17.7. The van der Waals surface area contributed by atoms with Gasteiger partial charge in [-0.05, 0) is 122 Å². The van der Waals surface area contributed by atoms with E-state index < -0.39 is 175 Å². The van der Waals surface area contributed by atoms with Crippen molar-refractivity contribution in [3.63, 3.8) is 0 Å². The van der Waals surface area contributed by atoms with Gasteiger partial charge in [-0.1, -0.05) is 24.3 Å². The summed E-state index contributed by atoms with van der Waals surface area (Å²) in [6.07, 6.45) is 2.95. The van der Waals surface area contributed by atoms with E-state index >= 15 is 14.4 Å². The number of carboxylic acid groups (broad SMARTS) is 1. The lowest BCUT2D eigenvalue weighted by atomic mass is 9.94. The number of phenolic OH excluding ortho intramolecular Hbond substituents is 1. The molecule has 17 N–H and O–H groups in total. The van der Waals surface area contributed by atoms with Crippen LogP contribution in [0.5, 0.6) is 5.75 Å². The number of benzene rings is 4. The minimum atomic E-state index is -2.07. The maximum Gasteiger partial charge on any atom is 0.305 e. The van der Waals surface area contributed by atoms with Crippen LogP contribution in [0.3, 0.4) is 0 Å². The Labute approximate surface area is 580 Å². The molecule has 0 radical (unpaired) electrons. The zero-order valence-corrected chi connectivity index (χ0v) is 55.6. The monoisotopic (exact) mass is 1410 g/mol. The van der Waals surface area contributed by atoms with Gasteiger partial charge in [0, 0.05) is 104 Å². The summed E-state index contributed by atoms with van der Waals surface area (Å²) in [5.74, 6) is -14.1. The number of aromatic hydroxyl groups is 1. The maximum atomic E-state index is 15.2. The van der Waals surface area contributed by atoms with Crippen LogP contribution < -0.4 is 58.9 Å². The molecule has 0 unspecified atom stereocenters. The molecule has 0 spiro atoms. The fourth-order valence-electron chi connectivity index (χ4n) is 12.2. The zero-order valence-electron chi connectivity index (χ0n) is 55.6. The molecular weight excluding hydrogens is 1330 g/mol. The van der Waals surface area contributed by atoms with Crippen LogP contribution in [0, 0.1) is 11.6 Å². The predicted octanol–water partition coefficient (Wildman–Crippen LogP) is -0.232. The number of hydrogen-bond acceptors (Lipinski definition) is 15. The van der Waals surface area contributed by atoms with Crippen LogP contribution in [0.4, 0.5) is 8.78 Å². The lowest BCUT2D eigenvalue weighted by Crippen LogP contribution is -2.63. The topological polar surface area (TPSA) is 472 Å². The summed E-state index contributed by atoms with van der Waals surface area (Å²) in [4.78, 5) is 196. The van der Waals surface area contributed by atoms with Crippen LogP contribution in [-0.4, -0.2) is 185 Å². The number of carbonyl (C=O) groups excluding carboxylic acids is 12. The van der Waals surface area contributed by atoms with Crippen molar-refractivity contribution < 1.29 is 81.3 Å². The molecule has 102 heavy (non-hydrogen) atoms.